The van der Waals surface area contributed by atoms with Crippen LogP contribution >= 0.6 is 11.6 Å². The Hall–Kier alpha value is -3.52. The highest BCUT2D eigenvalue weighted by Gasteiger charge is 2.40. The molecule has 0 aliphatic carbocycles. The lowest BCUT2D eigenvalue weighted by Crippen LogP contribution is -2.44. The summed E-state index contributed by atoms with van der Waals surface area (Å²) < 4.78 is 44.1. The van der Waals surface area contributed by atoms with Crippen LogP contribution in [0, 0.1) is 24.4 Å². The molecule has 3 amide bonds. The number of rotatable bonds is 4. The van der Waals surface area contributed by atoms with Crippen molar-refractivity contribution in [2.45, 2.75) is 32.4 Å². The van der Waals surface area contributed by atoms with Gasteiger partial charge in [-0.25, -0.2) is 18.0 Å². The minimum Gasteiger partial charge on any atom is -0.326 e. The van der Waals surface area contributed by atoms with Crippen LogP contribution in [0.25, 0.3) is 11.1 Å². The van der Waals surface area contributed by atoms with Crippen molar-refractivity contribution < 1.29 is 22.8 Å². The number of halogens is 4. The van der Waals surface area contributed by atoms with Gasteiger partial charge in [0.05, 0.1) is 11.4 Å². The van der Waals surface area contributed by atoms with Gasteiger partial charge in [-0.3, -0.25) is 4.79 Å². The minimum atomic E-state index is -1.14. The molecule has 4 rings (SSSR count). The van der Waals surface area contributed by atoms with Crippen LogP contribution in [0.1, 0.15) is 18.9 Å². The number of anilines is 2. The number of hydrogen-bond acceptors (Lipinski definition) is 2. The molecule has 3 aromatic rings. The van der Waals surface area contributed by atoms with E-state index in [1.807, 2.05) is 0 Å². The number of benzene rings is 3. The summed E-state index contributed by atoms with van der Waals surface area (Å²) in [4.78, 5) is 26.5. The molecule has 0 radical (unpaired) electrons. The Labute approximate surface area is 199 Å². The molecule has 1 aliphatic heterocycles. The molecule has 2 N–H and O–H groups in total. The van der Waals surface area contributed by atoms with Crippen LogP contribution in [0.4, 0.5) is 29.3 Å². The van der Waals surface area contributed by atoms with Crippen LogP contribution in [0.15, 0.2) is 54.6 Å². The van der Waals surface area contributed by atoms with Crippen molar-refractivity contribution in [2.24, 2.45) is 0 Å². The maximum Gasteiger partial charge on any atom is 0.319 e. The maximum absolute atomic E-state index is 15.1. The van der Waals surface area contributed by atoms with E-state index in [0.29, 0.717) is 5.56 Å². The lowest BCUT2D eigenvalue weighted by atomic mass is 9.99. The molecule has 0 bridgehead atoms. The fraction of sp³-hybridized carbons (Fsp3) is 0.200. The van der Waals surface area contributed by atoms with Crippen LogP contribution in [0.2, 0.25) is 5.02 Å². The maximum atomic E-state index is 15.1. The number of urea groups is 1. The van der Waals surface area contributed by atoms with Gasteiger partial charge in [-0.15, -0.1) is 0 Å². The number of amides is 3. The van der Waals surface area contributed by atoms with E-state index in [2.05, 4.69) is 10.6 Å². The largest absolute Gasteiger partial charge is 0.326 e. The Bertz CT molecular complexity index is 1280. The molecule has 0 saturated carbocycles. The van der Waals surface area contributed by atoms with E-state index in [4.69, 9.17) is 11.6 Å². The molecule has 0 aromatic heterocycles. The second kappa shape index (κ2) is 9.38. The van der Waals surface area contributed by atoms with Gasteiger partial charge in [0.15, 0.2) is 11.6 Å². The third kappa shape index (κ3) is 4.46. The Morgan fingerprint density at radius 2 is 1.76 bits per heavy atom. The Balaban J connectivity index is 1.53. The van der Waals surface area contributed by atoms with Gasteiger partial charge in [-0.1, -0.05) is 35.9 Å². The first kappa shape index (κ1) is 23.6. The molecule has 3 aromatic carbocycles. The van der Waals surface area contributed by atoms with Gasteiger partial charge in [0.25, 0.3) is 0 Å². The number of nitrogens with one attached hydrogen (secondary N) is 2. The van der Waals surface area contributed by atoms with Gasteiger partial charge in [0, 0.05) is 16.6 Å². The van der Waals surface area contributed by atoms with Crippen LogP contribution in [0.5, 0.6) is 0 Å². The molecule has 176 valence electrons. The topological polar surface area (TPSA) is 61.4 Å². The van der Waals surface area contributed by atoms with E-state index < -0.39 is 41.5 Å². The van der Waals surface area contributed by atoms with Crippen molar-refractivity contribution in [1.29, 1.82) is 0 Å². The number of hydrogen-bond donors (Lipinski definition) is 2. The fourth-order valence-corrected chi connectivity index (χ4v) is 4.28. The van der Waals surface area contributed by atoms with Gasteiger partial charge < -0.3 is 15.5 Å². The summed E-state index contributed by atoms with van der Waals surface area (Å²) >= 11 is 5.70. The molecular weight excluding hydrogens is 467 g/mol. The summed E-state index contributed by atoms with van der Waals surface area (Å²) in [6, 6.07) is 11.2. The van der Waals surface area contributed by atoms with Crippen molar-refractivity contribution in [2.75, 3.05) is 10.2 Å². The van der Waals surface area contributed by atoms with E-state index >= 15 is 8.78 Å². The SMILES string of the molecule is Cc1ccccc1-c1ccc(N2C(=O)C(NC(=O)Nc3ccc(Cl)cc3F)CC2C)c(F)c1F. The van der Waals surface area contributed by atoms with Crippen molar-refractivity contribution in [3.05, 3.63) is 82.6 Å². The van der Waals surface area contributed by atoms with E-state index in [1.54, 1.807) is 38.1 Å². The molecule has 9 heteroatoms. The summed E-state index contributed by atoms with van der Waals surface area (Å²) in [5.41, 5.74) is 1.11. The smallest absolute Gasteiger partial charge is 0.319 e. The number of carbonyl (C=O) groups is 2. The summed E-state index contributed by atoms with van der Waals surface area (Å²) in [6.07, 6.45) is 0.163. The van der Waals surface area contributed by atoms with Crippen LogP contribution in [0.3, 0.4) is 0 Å². The molecule has 5 nitrogen and oxygen atoms in total. The standard InChI is InChI=1S/C25H21ClF3N3O2/c1-13-5-3-4-6-16(13)17-8-10-21(23(29)22(17)28)32-14(2)11-20(24(32)33)31-25(34)30-19-9-7-15(26)12-18(19)27/h3-10,12,14,20H,11H2,1-2H3,(H2,30,31,34). The first-order valence-corrected chi connectivity index (χ1v) is 10.9. The Morgan fingerprint density at radius 3 is 2.47 bits per heavy atom. The highest BCUT2D eigenvalue weighted by molar-refractivity contribution is 6.30. The van der Waals surface area contributed by atoms with E-state index in [1.165, 1.54) is 24.3 Å². The van der Waals surface area contributed by atoms with Crippen molar-refractivity contribution in [1.82, 2.24) is 5.32 Å². The van der Waals surface area contributed by atoms with Gasteiger partial charge in [0.2, 0.25) is 5.91 Å². The number of aryl methyl sites for hydroxylation is 1. The normalized spacial score (nSPS) is 17.7. The predicted molar refractivity (Wildman–Crippen MR) is 125 cm³/mol. The van der Waals surface area contributed by atoms with E-state index in [9.17, 15) is 14.0 Å². The van der Waals surface area contributed by atoms with Crippen LogP contribution in [-0.2, 0) is 4.79 Å². The predicted octanol–water partition coefficient (Wildman–Crippen LogP) is 6.05. The zero-order valence-electron chi connectivity index (χ0n) is 18.3. The average molecular weight is 488 g/mol. The molecule has 1 aliphatic rings. The quantitative estimate of drug-likeness (QED) is 0.470. The average Bonchev–Trinajstić information content (AvgIpc) is 3.05. The highest BCUT2D eigenvalue weighted by Crippen LogP contribution is 2.35. The molecule has 2 unspecified atom stereocenters. The molecular formula is C25H21ClF3N3O2. The van der Waals surface area contributed by atoms with Crippen LogP contribution < -0.4 is 15.5 Å². The minimum absolute atomic E-state index is 0.0951. The van der Waals surface area contributed by atoms with Gasteiger partial charge in [-0.05, 0) is 61.7 Å². The highest BCUT2D eigenvalue weighted by atomic mass is 35.5. The molecule has 1 fully saturated rings. The van der Waals surface area contributed by atoms with Crippen molar-refractivity contribution in [3.8, 4) is 11.1 Å². The second-order valence-electron chi connectivity index (χ2n) is 8.14. The van der Waals surface area contributed by atoms with Crippen LogP contribution in [-0.4, -0.2) is 24.0 Å². The van der Waals surface area contributed by atoms with Gasteiger partial charge in [0.1, 0.15) is 11.9 Å². The zero-order chi connectivity index (χ0) is 24.6. The summed E-state index contributed by atoms with van der Waals surface area (Å²) in [7, 11) is 0. The molecule has 0 spiro atoms. The third-order valence-electron chi connectivity index (χ3n) is 5.79. The first-order valence-electron chi connectivity index (χ1n) is 10.6. The molecule has 1 saturated heterocycles. The summed E-state index contributed by atoms with van der Waals surface area (Å²) in [6.45, 7) is 3.47. The molecule has 34 heavy (non-hydrogen) atoms. The fourth-order valence-electron chi connectivity index (χ4n) is 4.13. The van der Waals surface area contributed by atoms with E-state index in [0.717, 1.165) is 16.5 Å². The summed E-state index contributed by atoms with van der Waals surface area (Å²) in [5.74, 6) is -3.53. The van der Waals surface area contributed by atoms with Gasteiger partial charge >= 0.3 is 6.03 Å². The monoisotopic (exact) mass is 487 g/mol. The van der Waals surface area contributed by atoms with Gasteiger partial charge in [-0.2, -0.15) is 0 Å². The number of carbonyl (C=O) groups excluding carboxylic acids is 2. The molecule has 2 atom stereocenters. The summed E-state index contributed by atoms with van der Waals surface area (Å²) in [5, 5.41) is 4.96. The van der Waals surface area contributed by atoms with Crippen molar-refractivity contribution in [3.63, 3.8) is 0 Å². The lowest BCUT2D eigenvalue weighted by Gasteiger charge is -2.23. The Kier molecular flexibility index (Phi) is 6.52. The molecule has 1 heterocycles. The first-order chi connectivity index (χ1) is 16.2. The Morgan fingerprint density at radius 1 is 1.03 bits per heavy atom. The zero-order valence-corrected chi connectivity index (χ0v) is 19.1. The number of nitrogens with zero attached hydrogens (tertiary/aromatic N) is 1. The van der Waals surface area contributed by atoms with E-state index in [-0.39, 0.29) is 28.4 Å². The second-order valence-corrected chi connectivity index (χ2v) is 8.58. The lowest BCUT2D eigenvalue weighted by molar-refractivity contribution is -0.118. The third-order valence-corrected chi connectivity index (χ3v) is 6.03. The van der Waals surface area contributed by atoms with Crippen molar-refractivity contribution >= 4 is 34.9 Å².